The van der Waals surface area contributed by atoms with Crippen LogP contribution < -0.4 is 5.32 Å². The Morgan fingerprint density at radius 3 is 2.60 bits per heavy atom. The zero-order valence-electron chi connectivity index (χ0n) is 17.2. The number of benzene rings is 2. The molecule has 0 bridgehead atoms. The summed E-state index contributed by atoms with van der Waals surface area (Å²) in [6.07, 6.45) is 5.03. The molecule has 0 saturated heterocycles. The summed E-state index contributed by atoms with van der Waals surface area (Å²) in [7, 11) is 0. The molecule has 0 spiro atoms. The van der Waals surface area contributed by atoms with Gasteiger partial charge in [0.1, 0.15) is 0 Å². The van der Waals surface area contributed by atoms with Gasteiger partial charge in [0, 0.05) is 23.5 Å². The second-order valence-corrected chi connectivity index (χ2v) is 7.47. The maximum atomic E-state index is 12.5. The summed E-state index contributed by atoms with van der Waals surface area (Å²) in [5.74, 6) is 0.777. The fourth-order valence-electron chi connectivity index (χ4n) is 3.23. The third kappa shape index (κ3) is 4.15. The molecule has 4 rings (SSSR count). The van der Waals surface area contributed by atoms with Gasteiger partial charge in [-0.15, -0.1) is 0 Å². The Morgan fingerprint density at radius 2 is 1.87 bits per heavy atom. The summed E-state index contributed by atoms with van der Waals surface area (Å²) in [5.41, 5.74) is 5.87. The van der Waals surface area contributed by atoms with Crippen molar-refractivity contribution in [2.45, 2.75) is 26.7 Å². The van der Waals surface area contributed by atoms with Crippen LogP contribution in [0.2, 0.25) is 0 Å². The van der Waals surface area contributed by atoms with E-state index in [1.165, 1.54) is 5.56 Å². The molecule has 5 heteroatoms. The minimum Gasteiger partial charge on any atom is -0.434 e. The lowest BCUT2D eigenvalue weighted by atomic mass is 10.0. The van der Waals surface area contributed by atoms with Crippen molar-refractivity contribution in [3.63, 3.8) is 0 Å². The standard InChI is InChI=1S/C25H23N3O2/c1-16(2)19-12-9-18(10-13-19)11-14-23(29)27-21-7-4-6-20(17(21)3)25-28-24-22(30-25)8-5-15-26-24/h4-16H,1-3H3,(H,27,29)/b14-11+. The molecule has 0 fully saturated rings. The van der Waals surface area contributed by atoms with Crippen LogP contribution in [0.1, 0.15) is 36.5 Å². The molecular formula is C25H23N3O2. The monoisotopic (exact) mass is 397 g/mol. The molecule has 150 valence electrons. The molecule has 0 aliphatic carbocycles. The molecule has 1 amide bonds. The SMILES string of the molecule is Cc1c(NC(=O)/C=C/c2ccc(C(C)C)cc2)cccc1-c1nc2ncccc2o1. The maximum absolute atomic E-state index is 12.5. The van der Waals surface area contributed by atoms with E-state index in [-0.39, 0.29) is 5.91 Å². The Hall–Kier alpha value is -3.73. The van der Waals surface area contributed by atoms with Gasteiger partial charge in [0.2, 0.25) is 11.8 Å². The van der Waals surface area contributed by atoms with Crippen molar-refractivity contribution in [3.8, 4) is 11.5 Å². The van der Waals surface area contributed by atoms with Gasteiger partial charge in [0.05, 0.1) is 0 Å². The van der Waals surface area contributed by atoms with Crippen molar-refractivity contribution in [1.29, 1.82) is 0 Å². The van der Waals surface area contributed by atoms with Gasteiger partial charge in [-0.25, -0.2) is 4.98 Å². The summed E-state index contributed by atoms with van der Waals surface area (Å²) >= 11 is 0. The second kappa shape index (κ2) is 8.33. The smallest absolute Gasteiger partial charge is 0.248 e. The zero-order chi connectivity index (χ0) is 21.1. The number of oxazole rings is 1. The lowest BCUT2D eigenvalue weighted by molar-refractivity contribution is -0.111. The van der Waals surface area contributed by atoms with Crippen LogP contribution in [0, 0.1) is 6.92 Å². The summed E-state index contributed by atoms with van der Waals surface area (Å²) in [5, 5.41) is 2.94. The van der Waals surface area contributed by atoms with E-state index in [2.05, 4.69) is 41.3 Å². The number of hydrogen-bond donors (Lipinski definition) is 1. The van der Waals surface area contributed by atoms with Gasteiger partial charge in [-0.3, -0.25) is 4.79 Å². The number of carbonyl (C=O) groups excluding carboxylic acids is 1. The summed E-state index contributed by atoms with van der Waals surface area (Å²) in [4.78, 5) is 21.1. The van der Waals surface area contributed by atoms with E-state index in [4.69, 9.17) is 4.42 Å². The van der Waals surface area contributed by atoms with E-state index < -0.39 is 0 Å². The van der Waals surface area contributed by atoms with Crippen LogP contribution in [0.5, 0.6) is 0 Å². The van der Waals surface area contributed by atoms with Crippen molar-refractivity contribution in [1.82, 2.24) is 9.97 Å². The number of carbonyl (C=O) groups is 1. The zero-order valence-corrected chi connectivity index (χ0v) is 17.2. The Labute approximate surface area is 175 Å². The highest BCUT2D eigenvalue weighted by molar-refractivity contribution is 6.02. The molecule has 0 unspecified atom stereocenters. The molecule has 0 radical (unpaired) electrons. The minimum atomic E-state index is -0.192. The lowest BCUT2D eigenvalue weighted by Crippen LogP contribution is -2.09. The molecule has 0 aliphatic heterocycles. The minimum absolute atomic E-state index is 0.192. The predicted octanol–water partition coefficient (Wildman–Crippen LogP) is 5.97. The number of hydrogen-bond acceptors (Lipinski definition) is 4. The summed E-state index contributed by atoms with van der Waals surface area (Å²) in [6, 6.07) is 17.5. The molecular weight excluding hydrogens is 374 g/mol. The second-order valence-electron chi connectivity index (χ2n) is 7.47. The van der Waals surface area contributed by atoms with Crippen molar-refractivity contribution < 1.29 is 9.21 Å². The molecule has 4 aromatic rings. The molecule has 5 nitrogen and oxygen atoms in total. The van der Waals surface area contributed by atoms with Gasteiger partial charge in [0.25, 0.3) is 0 Å². The fraction of sp³-hybridized carbons (Fsp3) is 0.160. The third-order valence-electron chi connectivity index (χ3n) is 5.02. The number of nitrogens with zero attached hydrogens (tertiary/aromatic N) is 2. The third-order valence-corrected chi connectivity index (χ3v) is 5.02. The normalized spacial score (nSPS) is 11.5. The topological polar surface area (TPSA) is 68.0 Å². The van der Waals surface area contributed by atoms with Gasteiger partial charge in [-0.05, 0) is 59.9 Å². The van der Waals surface area contributed by atoms with E-state index in [1.54, 1.807) is 12.3 Å². The van der Waals surface area contributed by atoms with Crippen LogP contribution >= 0.6 is 0 Å². The van der Waals surface area contributed by atoms with Crippen LogP contribution in [-0.2, 0) is 4.79 Å². The van der Waals surface area contributed by atoms with Crippen molar-refractivity contribution >= 4 is 28.9 Å². The van der Waals surface area contributed by atoms with Gasteiger partial charge < -0.3 is 9.73 Å². The molecule has 0 atom stereocenters. The fourth-order valence-corrected chi connectivity index (χ4v) is 3.23. The number of rotatable bonds is 5. The number of nitrogens with one attached hydrogen (secondary N) is 1. The highest BCUT2D eigenvalue weighted by Gasteiger charge is 2.14. The van der Waals surface area contributed by atoms with Gasteiger partial charge >= 0.3 is 0 Å². The largest absolute Gasteiger partial charge is 0.434 e. The molecule has 0 saturated carbocycles. The predicted molar refractivity (Wildman–Crippen MR) is 120 cm³/mol. The van der Waals surface area contributed by atoms with E-state index in [1.807, 2.05) is 55.5 Å². The molecule has 2 aromatic carbocycles. The molecule has 2 aromatic heterocycles. The van der Waals surface area contributed by atoms with E-state index in [0.717, 1.165) is 16.7 Å². The van der Waals surface area contributed by atoms with E-state index >= 15 is 0 Å². The molecule has 2 heterocycles. The average molecular weight is 397 g/mol. The number of fused-ring (bicyclic) bond motifs is 1. The van der Waals surface area contributed by atoms with Crippen LogP contribution in [0.15, 0.2) is 71.3 Å². The Bertz CT molecular complexity index is 1190. The number of pyridine rings is 1. The van der Waals surface area contributed by atoms with Crippen LogP contribution in [0.4, 0.5) is 5.69 Å². The summed E-state index contributed by atoms with van der Waals surface area (Å²) in [6.45, 7) is 6.25. The Morgan fingerprint density at radius 1 is 1.07 bits per heavy atom. The van der Waals surface area contributed by atoms with Crippen LogP contribution in [0.25, 0.3) is 28.8 Å². The highest BCUT2D eigenvalue weighted by atomic mass is 16.3. The van der Waals surface area contributed by atoms with Gasteiger partial charge in [0.15, 0.2) is 11.2 Å². The molecule has 0 aliphatic rings. The first-order chi connectivity index (χ1) is 14.5. The number of anilines is 1. The Balaban J connectivity index is 1.52. The van der Waals surface area contributed by atoms with Crippen molar-refractivity contribution in [2.24, 2.45) is 0 Å². The van der Waals surface area contributed by atoms with Gasteiger partial charge in [-0.1, -0.05) is 44.2 Å². The lowest BCUT2D eigenvalue weighted by Gasteiger charge is -2.09. The Kier molecular flexibility index (Phi) is 5.44. The first-order valence-electron chi connectivity index (χ1n) is 9.92. The van der Waals surface area contributed by atoms with E-state index in [9.17, 15) is 4.79 Å². The van der Waals surface area contributed by atoms with Crippen LogP contribution in [0.3, 0.4) is 0 Å². The highest BCUT2D eigenvalue weighted by Crippen LogP contribution is 2.30. The van der Waals surface area contributed by atoms with Gasteiger partial charge in [-0.2, -0.15) is 4.98 Å². The van der Waals surface area contributed by atoms with E-state index in [0.29, 0.717) is 28.7 Å². The van der Waals surface area contributed by atoms with Crippen LogP contribution in [-0.4, -0.2) is 15.9 Å². The quantitative estimate of drug-likeness (QED) is 0.421. The average Bonchev–Trinajstić information content (AvgIpc) is 3.18. The first-order valence-corrected chi connectivity index (χ1v) is 9.92. The van der Waals surface area contributed by atoms with Crippen molar-refractivity contribution in [2.75, 3.05) is 5.32 Å². The number of aromatic nitrogens is 2. The summed E-state index contributed by atoms with van der Waals surface area (Å²) < 4.78 is 5.83. The molecule has 1 N–H and O–H groups in total. The first kappa shape index (κ1) is 19.6. The molecule has 30 heavy (non-hydrogen) atoms. The van der Waals surface area contributed by atoms with Crippen molar-refractivity contribution in [3.05, 3.63) is 83.6 Å². The maximum Gasteiger partial charge on any atom is 0.248 e. The number of amides is 1.